The van der Waals surface area contributed by atoms with E-state index < -0.39 is 26.5 Å². The van der Waals surface area contributed by atoms with E-state index in [0.29, 0.717) is 6.42 Å². The summed E-state index contributed by atoms with van der Waals surface area (Å²) in [5.41, 5.74) is 5.36. The molecular formula is C48H88NO8P. The molecule has 0 aliphatic heterocycles. The Kier molecular flexibility index (Phi) is 43.0. The fraction of sp³-hybridized carbons (Fsp3) is 0.792. The van der Waals surface area contributed by atoms with E-state index in [0.717, 1.165) is 70.6 Å². The quantitative estimate of drug-likeness (QED) is 0.0266. The van der Waals surface area contributed by atoms with Crippen molar-refractivity contribution in [3.8, 4) is 0 Å². The van der Waals surface area contributed by atoms with Crippen molar-refractivity contribution in [3.05, 3.63) is 48.6 Å². The Hall–Kier alpha value is -2.03. The third-order valence-corrected chi connectivity index (χ3v) is 10.9. The summed E-state index contributed by atoms with van der Waals surface area (Å²) in [5, 5.41) is 0. The Labute approximate surface area is 356 Å². The van der Waals surface area contributed by atoms with Crippen molar-refractivity contribution in [2.24, 2.45) is 5.73 Å². The van der Waals surface area contributed by atoms with Gasteiger partial charge in [-0.1, -0.05) is 172 Å². The van der Waals surface area contributed by atoms with E-state index in [9.17, 15) is 19.0 Å². The van der Waals surface area contributed by atoms with Gasteiger partial charge in [0.15, 0.2) is 6.10 Å². The molecule has 0 aromatic carbocycles. The maximum absolute atomic E-state index is 12.6. The molecule has 0 rings (SSSR count). The molecule has 9 nitrogen and oxygen atoms in total. The van der Waals surface area contributed by atoms with Gasteiger partial charge in [-0.05, 0) is 77.0 Å². The standard InChI is InChI=1S/C48H88NO8P/c1-3-5-7-9-11-13-15-17-19-21-23-25-27-29-31-33-35-37-39-41-48(51)57-46(45-56-58(52,53)55-43-42-49)44-54-47(50)40-38-36-34-32-30-28-26-24-22-20-18-16-14-12-10-8-6-4-2/h11,13-14,16-17,19-20,22,46H,3-10,12,15,18,21,23-45,49H2,1-2H3,(H,52,53)/b13-11-,16-14-,19-17-,22-20-. The molecule has 0 aliphatic rings. The van der Waals surface area contributed by atoms with Crippen molar-refractivity contribution in [1.29, 1.82) is 0 Å². The number of phosphoric acid groups is 1. The Bertz CT molecular complexity index is 1090. The van der Waals surface area contributed by atoms with E-state index in [1.54, 1.807) is 0 Å². The molecular weight excluding hydrogens is 750 g/mol. The Morgan fingerprint density at radius 1 is 0.517 bits per heavy atom. The lowest BCUT2D eigenvalue weighted by atomic mass is 10.1. The molecule has 3 N–H and O–H groups in total. The Morgan fingerprint density at radius 2 is 0.897 bits per heavy atom. The highest BCUT2D eigenvalue weighted by Gasteiger charge is 2.26. The Balaban J connectivity index is 4.12. The van der Waals surface area contributed by atoms with Crippen molar-refractivity contribution in [1.82, 2.24) is 0 Å². The first-order chi connectivity index (χ1) is 28.3. The van der Waals surface area contributed by atoms with Gasteiger partial charge in [-0.25, -0.2) is 4.57 Å². The van der Waals surface area contributed by atoms with E-state index in [1.807, 2.05) is 0 Å². The maximum atomic E-state index is 12.6. The summed E-state index contributed by atoms with van der Waals surface area (Å²) in [5.74, 6) is -0.840. The van der Waals surface area contributed by atoms with Gasteiger partial charge >= 0.3 is 19.8 Å². The zero-order valence-electron chi connectivity index (χ0n) is 37.3. The zero-order valence-corrected chi connectivity index (χ0v) is 38.2. The molecule has 10 heteroatoms. The average Bonchev–Trinajstić information content (AvgIpc) is 3.21. The lowest BCUT2D eigenvalue weighted by Gasteiger charge is -2.19. The van der Waals surface area contributed by atoms with E-state index in [-0.39, 0.29) is 38.6 Å². The number of hydrogen-bond acceptors (Lipinski definition) is 8. The van der Waals surface area contributed by atoms with Crippen molar-refractivity contribution in [2.75, 3.05) is 26.4 Å². The molecule has 0 amide bonds. The summed E-state index contributed by atoms with van der Waals surface area (Å²) in [6.07, 6.45) is 51.3. The van der Waals surface area contributed by atoms with Gasteiger partial charge in [-0.15, -0.1) is 0 Å². The maximum Gasteiger partial charge on any atom is 0.472 e. The van der Waals surface area contributed by atoms with Crippen molar-refractivity contribution >= 4 is 19.8 Å². The van der Waals surface area contributed by atoms with Crippen LogP contribution in [0.3, 0.4) is 0 Å². The van der Waals surface area contributed by atoms with Crippen LogP contribution in [0.1, 0.15) is 213 Å². The van der Waals surface area contributed by atoms with Crippen LogP contribution in [0, 0.1) is 0 Å². The van der Waals surface area contributed by atoms with Crippen molar-refractivity contribution in [3.63, 3.8) is 0 Å². The second-order valence-electron chi connectivity index (χ2n) is 15.6. The van der Waals surface area contributed by atoms with Crippen LogP contribution in [-0.2, 0) is 32.7 Å². The molecule has 338 valence electrons. The average molecular weight is 838 g/mol. The summed E-state index contributed by atoms with van der Waals surface area (Å²) in [4.78, 5) is 35.0. The number of hydrogen-bond donors (Lipinski definition) is 2. The van der Waals surface area contributed by atoms with Crippen LogP contribution in [0.4, 0.5) is 0 Å². The lowest BCUT2D eigenvalue weighted by molar-refractivity contribution is -0.161. The van der Waals surface area contributed by atoms with Gasteiger partial charge in [0.25, 0.3) is 0 Å². The van der Waals surface area contributed by atoms with Gasteiger partial charge in [0.05, 0.1) is 13.2 Å². The second-order valence-corrected chi connectivity index (χ2v) is 17.1. The van der Waals surface area contributed by atoms with Crippen molar-refractivity contribution < 1.29 is 37.6 Å². The molecule has 0 aromatic heterocycles. The number of carbonyl (C=O) groups excluding carboxylic acids is 2. The lowest BCUT2D eigenvalue weighted by Crippen LogP contribution is -2.29. The van der Waals surface area contributed by atoms with Crippen molar-refractivity contribution in [2.45, 2.75) is 219 Å². The van der Waals surface area contributed by atoms with Crippen LogP contribution in [0.15, 0.2) is 48.6 Å². The third-order valence-electron chi connectivity index (χ3n) is 9.94. The monoisotopic (exact) mass is 838 g/mol. The number of phosphoric ester groups is 1. The molecule has 0 fully saturated rings. The Morgan fingerprint density at radius 3 is 1.34 bits per heavy atom. The minimum Gasteiger partial charge on any atom is -0.462 e. The first-order valence-corrected chi connectivity index (χ1v) is 25.1. The van der Waals surface area contributed by atoms with E-state index in [4.69, 9.17) is 24.3 Å². The van der Waals surface area contributed by atoms with Gasteiger partial charge in [-0.3, -0.25) is 18.6 Å². The summed E-state index contributed by atoms with van der Waals surface area (Å²) in [6, 6.07) is 0. The highest BCUT2D eigenvalue weighted by atomic mass is 31.2. The van der Waals surface area contributed by atoms with Crippen LogP contribution in [0.5, 0.6) is 0 Å². The fourth-order valence-corrected chi connectivity index (χ4v) is 7.17. The largest absolute Gasteiger partial charge is 0.472 e. The molecule has 58 heavy (non-hydrogen) atoms. The smallest absolute Gasteiger partial charge is 0.462 e. The number of carbonyl (C=O) groups is 2. The normalized spacial score (nSPS) is 13.7. The van der Waals surface area contributed by atoms with Crippen LogP contribution >= 0.6 is 7.82 Å². The molecule has 0 heterocycles. The van der Waals surface area contributed by atoms with Crippen LogP contribution < -0.4 is 5.73 Å². The molecule has 0 radical (unpaired) electrons. The molecule has 0 aromatic rings. The minimum atomic E-state index is -4.38. The van der Waals surface area contributed by atoms with Gasteiger partial charge in [0.1, 0.15) is 6.61 Å². The molecule has 2 atom stereocenters. The number of rotatable bonds is 44. The number of esters is 2. The van der Waals surface area contributed by atoms with Crippen LogP contribution in [0.2, 0.25) is 0 Å². The first-order valence-electron chi connectivity index (χ1n) is 23.6. The topological polar surface area (TPSA) is 134 Å². The zero-order chi connectivity index (χ0) is 42.5. The predicted octanol–water partition coefficient (Wildman–Crippen LogP) is 13.9. The molecule has 0 saturated heterocycles. The predicted molar refractivity (Wildman–Crippen MR) is 243 cm³/mol. The molecule has 2 unspecified atom stereocenters. The molecule has 0 spiro atoms. The number of nitrogens with two attached hydrogens (primary N) is 1. The van der Waals surface area contributed by atoms with Gasteiger partial charge in [-0.2, -0.15) is 0 Å². The molecule has 0 saturated carbocycles. The highest BCUT2D eigenvalue weighted by Crippen LogP contribution is 2.43. The number of unbranched alkanes of at least 4 members (excludes halogenated alkanes) is 23. The van der Waals surface area contributed by atoms with Gasteiger partial charge in [0, 0.05) is 19.4 Å². The van der Waals surface area contributed by atoms with E-state index >= 15 is 0 Å². The van der Waals surface area contributed by atoms with Crippen LogP contribution in [0.25, 0.3) is 0 Å². The molecule has 0 aliphatic carbocycles. The number of allylic oxidation sites excluding steroid dienone is 8. The third kappa shape index (κ3) is 43.5. The van der Waals surface area contributed by atoms with Crippen LogP contribution in [-0.4, -0.2) is 49.3 Å². The second kappa shape index (κ2) is 44.5. The first kappa shape index (κ1) is 56.0. The van der Waals surface area contributed by atoms with Gasteiger partial charge < -0.3 is 20.1 Å². The summed E-state index contributed by atoms with van der Waals surface area (Å²) >= 11 is 0. The SMILES string of the molecule is CCCCC/C=C\C/C=C\CCCCCCCCCCCC(=O)OC(COC(=O)CCCCCCCCC/C=C\C/C=C\CCCCCC)COP(=O)(O)OCCN. The minimum absolute atomic E-state index is 0.0503. The van der Waals surface area contributed by atoms with E-state index in [2.05, 4.69) is 62.5 Å². The summed E-state index contributed by atoms with van der Waals surface area (Å²) < 4.78 is 32.9. The summed E-state index contributed by atoms with van der Waals surface area (Å²) in [6.45, 7) is 3.69. The highest BCUT2D eigenvalue weighted by molar-refractivity contribution is 7.47. The summed E-state index contributed by atoms with van der Waals surface area (Å²) in [7, 11) is -4.38. The van der Waals surface area contributed by atoms with Gasteiger partial charge in [0.2, 0.25) is 0 Å². The number of ether oxygens (including phenoxy) is 2. The molecule has 0 bridgehead atoms. The fourth-order valence-electron chi connectivity index (χ4n) is 6.40. The van der Waals surface area contributed by atoms with E-state index in [1.165, 1.54) is 109 Å².